The molecule has 1 spiro atoms. The van der Waals surface area contributed by atoms with Gasteiger partial charge in [-0.15, -0.1) is 0 Å². The van der Waals surface area contributed by atoms with Gasteiger partial charge in [-0.3, -0.25) is 0 Å². The van der Waals surface area contributed by atoms with Crippen molar-refractivity contribution in [2.75, 3.05) is 37.6 Å². The van der Waals surface area contributed by atoms with E-state index in [1.54, 1.807) is 5.41 Å². The van der Waals surface area contributed by atoms with E-state index in [0.29, 0.717) is 17.0 Å². The summed E-state index contributed by atoms with van der Waals surface area (Å²) >= 11 is 0. The number of anilines is 1. The van der Waals surface area contributed by atoms with Gasteiger partial charge in [0.2, 0.25) is 0 Å². The zero-order valence-corrected chi connectivity index (χ0v) is 19.5. The molecule has 0 radical (unpaired) electrons. The molecule has 1 aromatic carbocycles. The maximum Gasteiger partial charge on any atom is 0.441 e. The van der Waals surface area contributed by atoms with Crippen molar-refractivity contribution >= 4 is 34.4 Å². The van der Waals surface area contributed by atoms with Crippen LogP contribution in [0.3, 0.4) is 0 Å². The average molecular weight is 470 g/mol. The average Bonchev–Trinajstić information content (AvgIpc) is 3.35. The number of piperazine rings is 1. The number of fused-ring (bicyclic) bond motifs is 2. The van der Waals surface area contributed by atoms with Crippen molar-refractivity contribution in [1.29, 1.82) is 0 Å². The molecule has 1 aromatic heterocycles. The van der Waals surface area contributed by atoms with E-state index in [0.717, 1.165) is 55.2 Å². The van der Waals surface area contributed by atoms with E-state index < -0.39 is 28.6 Å². The van der Waals surface area contributed by atoms with Gasteiger partial charge in [0, 0.05) is 37.3 Å². The Morgan fingerprint density at radius 3 is 2.33 bits per heavy atom. The molecular weight excluding hydrogens is 442 g/mol. The van der Waals surface area contributed by atoms with Gasteiger partial charge in [-0.25, -0.2) is 14.6 Å². The molecule has 33 heavy (non-hydrogen) atoms. The summed E-state index contributed by atoms with van der Waals surface area (Å²) in [6.07, 6.45) is 1.99. The quantitative estimate of drug-likeness (QED) is 0.666. The SMILES string of the molecule is CCC(O)c1ccc(-c2cc3c(c(N4CCN(CC)CC4)n2)C=CS32OC(=O)C(=O)O2)cc1. The number of hydrogen-bond donors (Lipinski definition) is 1. The van der Waals surface area contributed by atoms with Gasteiger partial charge in [-0.1, -0.05) is 48.7 Å². The third kappa shape index (κ3) is 3.80. The minimum Gasteiger partial charge on any atom is -0.388 e. The second-order valence-corrected chi connectivity index (χ2v) is 10.4. The lowest BCUT2D eigenvalue weighted by molar-refractivity contribution is -0.150. The lowest BCUT2D eigenvalue weighted by Crippen LogP contribution is -2.46. The molecule has 2 fully saturated rings. The fourth-order valence-corrected chi connectivity index (χ4v) is 6.49. The van der Waals surface area contributed by atoms with Gasteiger partial charge in [-0.05, 0) is 30.7 Å². The number of benzene rings is 1. The molecule has 8 nitrogen and oxygen atoms in total. The predicted octanol–water partition coefficient (Wildman–Crippen LogP) is 3.41. The molecular formula is C24H27N3O5S. The third-order valence-electron chi connectivity index (χ3n) is 6.38. The molecule has 0 saturated carbocycles. The topological polar surface area (TPSA) is 92.2 Å². The molecule has 1 atom stereocenters. The van der Waals surface area contributed by atoms with Crippen molar-refractivity contribution in [2.45, 2.75) is 31.3 Å². The van der Waals surface area contributed by atoms with E-state index in [2.05, 4.69) is 16.7 Å². The molecule has 2 aromatic rings. The fourth-order valence-electron chi connectivity index (χ4n) is 4.37. The van der Waals surface area contributed by atoms with E-state index >= 15 is 0 Å². The Labute approximate surface area is 194 Å². The van der Waals surface area contributed by atoms with Crippen LogP contribution in [0.25, 0.3) is 17.3 Å². The molecule has 1 unspecified atom stereocenters. The number of rotatable bonds is 5. The van der Waals surface area contributed by atoms with Crippen molar-refractivity contribution in [3.05, 3.63) is 46.9 Å². The first-order valence-electron chi connectivity index (χ1n) is 11.2. The lowest BCUT2D eigenvalue weighted by atomic mass is 10.0. The maximum atomic E-state index is 11.9. The Balaban J connectivity index is 1.58. The summed E-state index contributed by atoms with van der Waals surface area (Å²) in [6.45, 7) is 8.63. The third-order valence-corrected chi connectivity index (χ3v) is 8.63. The predicted molar refractivity (Wildman–Crippen MR) is 126 cm³/mol. The lowest BCUT2D eigenvalue weighted by Gasteiger charge is -2.36. The molecule has 3 aliphatic rings. The zero-order chi connectivity index (χ0) is 23.2. The highest BCUT2D eigenvalue weighted by atomic mass is 32.3. The van der Waals surface area contributed by atoms with Crippen LogP contribution in [0.2, 0.25) is 0 Å². The molecule has 0 amide bonds. The van der Waals surface area contributed by atoms with Gasteiger partial charge in [0.25, 0.3) is 0 Å². The summed E-state index contributed by atoms with van der Waals surface area (Å²) in [6, 6.07) is 9.51. The summed E-state index contributed by atoms with van der Waals surface area (Å²) in [7, 11) is -2.61. The first-order valence-corrected chi connectivity index (χ1v) is 12.8. The Bertz CT molecular complexity index is 1110. The van der Waals surface area contributed by atoms with Crippen molar-refractivity contribution < 1.29 is 23.1 Å². The molecule has 174 valence electrons. The number of pyridine rings is 1. The van der Waals surface area contributed by atoms with Crippen LogP contribution in [0.4, 0.5) is 5.82 Å². The van der Waals surface area contributed by atoms with E-state index in [9.17, 15) is 14.7 Å². The molecule has 5 rings (SSSR count). The van der Waals surface area contributed by atoms with E-state index in [-0.39, 0.29) is 0 Å². The van der Waals surface area contributed by atoms with Crippen molar-refractivity contribution in [3.8, 4) is 11.3 Å². The second kappa shape index (κ2) is 8.48. The maximum absolute atomic E-state index is 11.9. The van der Waals surface area contributed by atoms with Gasteiger partial charge in [0.05, 0.1) is 22.1 Å². The Morgan fingerprint density at radius 2 is 1.73 bits per heavy atom. The number of carbonyl (C=O) groups is 2. The van der Waals surface area contributed by atoms with Crippen molar-refractivity contribution in [3.63, 3.8) is 0 Å². The summed E-state index contributed by atoms with van der Waals surface area (Å²) < 4.78 is 11.0. The van der Waals surface area contributed by atoms with E-state index in [4.69, 9.17) is 13.4 Å². The van der Waals surface area contributed by atoms with Gasteiger partial charge in [-0.2, -0.15) is 0 Å². The van der Waals surface area contributed by atoms with Gasteiger partial charge < -0.3 is 23.3 Å². The number of aliphatic hydroxyl groups excluding tert-OH is 1. The summed E-state index contributed by atoms with van der Waals surface area (Å²) in [5.74, 6) is -1.12. The minimum atomic E-state index is -2.61. The number of aromatic nitrogens is 1. The number of aliphatic hydroxyl groups is 1. The molecule has 9 heteroatoms. The van der Waals surface area contributed by atoms with Crippen LogP contribution < -0.4 is 4.90 Å². The van der Waals surface area contributed by atoms with Crippen LogP contribution in [0.1, 0.15) is 37.5 Å². The highest BCUT2D eigenvalue weighted by Crippen LogP contribution is 2.68. The van der Waals surface area contributed by atoms with Crippen LogP contribution in [-0.2, 0) is 18.0 Å². The summed E-state index contributed by atoms with van der Waals surface area (Å²) in [5, 5.41) is 11.8. The number of nitrogens with zero attached hydrogens (tertiary/aromatic N) is 3. The number of carbonyl (C=O) groups excluding carboxylic acids is 2. The fraction of sp³-hybridized carbons (Fsp3) is 0.375. The van der Waals surface area contributed by atoms with Crippen LogP contribution >= 0.6 is 10.6 Å². The smallest absolute Gasteiger partial charge is 0.388 e. The van der Waals surface area contributed by atoms with Gasteiger partial charge >= 0.3 is 11.9 Å². The normalized spacial score (nSPS) is 21.1. The van der Waals surface area contributed by atoms with E-state index in [1.165, 1.54) is 0 Å². The molecule has 2 saturated heterocycles. The number of likely N-dealkylation sites (N-methyl/N-ethyl adjacent to an activating group) is 1. The standard InChI is InChI=1S/C24H27N3O5S/c1-3-20(28)17-7-5-16(6-8-17)19-15-21-18(9-14-33(21)31-23(29)24(30)32-33)22(25-19)27-12-10-26(4-2)11-13-27/h5-9,14-15,20,28H,3-4,10-13H2,1-2H3. The molecule has 4 heterocycles. The Morgan fingerprint density at radius 1 is 1.06 bits per heavy atom. The largest absolute Gasteiger partial charge is 0.441 e. The highest BCUT2D eigenvalue weighted by molar-refractivity contribution is 8.29. The van der Waals surface area contributed by atoms with Gasteiger partial charge in [0.1, 0.15) is 5.82 Å². The van der Waals surface area contributed by atoms with Crippen LogP contribution in [0.15, 0.2) is 40.6 Å². The second-order valence-electron chi connectivity index (χ2n) is 8.30. The summed E-state index contributed by atoms with van der Waals surface area (Å²) in [4.78, 5) is 34.2. The van der Waals surface area contributed by atoms with Gasteiger partial charge in [0.15, 0.2) is 0 Å². The first-order chi connectivity index (χ1) is 15.9. The zero-order valence-electron chi connectivity index (χ0n) is 18.7. The summed E-state index contributed by atoms with van der Waals surface area (Å²) in [5.41, 5.74) is 3.25. The molecule has 1 N–H and O–H groups in total. The van der Waals surface area contributed by atoms with E-state index in [1.807, 2.05) is 43.3 Å². The number of hydrogen-bond acceptors (Lipinski definition) is 8. The van der Waals surface area contributed by atoms with Crippen molar-refractivity contribution in [2.24, 2.45) is 0 Å². The van der Waals surface area contributed by atoms with Crippen LogP contribution in [0, 0.1) is 0 Å². The Kier molecular flexibility index (Phi) is 5.64. The van der Waals surface area contributed by atoms with Crippen LogP contribution in [0.5, 0.6) is 0 Å². The molecule has 0 aliphatic carbocycles. The first kappa shape index (κ1) is 21.9. The monoisotopic (exact) mass is 469 g/mol. The highest BCUT2D eigenvalue weighted by Gasteiger charge is 2.46. The molecule has 0 bridgehead atoms. The minimum absolute atomic E-state index is 0.508. The van der Waals surface area contributed by atoms with Crippen LogP contribution in [-0.4, -0.2) is 59.7 Å². The Hall–Kier alpha value is -2.88. The molecule has 3 aliphatic heterocycles. The van der Waals surface area contributed by atoms with Crippen molar-refractivity contribution in [1.82, 2.24) is 9.88 Å².